The summed E-state index contributed by atoms with van der Waals surface area (Å²) in [5.41, 5.74) is 8.16. The number of nitrogens with two attached hydrogens (primary N) is 1. The first kappa shape index (κ1) is 25.4. The number of halogens is 2. The van der Waals surface area contributed by atoms with Crippen LogP contribution in [0.3, 0.4) is 0 Å². The Morgan fingerprint density at radius 3 is 2.63 bits per heavy atom. The molecule has 2 unspecified atom stereocenters. The molecule has 4 aromatic rings. The third-order valence-corrected chi connectivity index (χ3v) is 9.95. The van der Waals surface area contributed by atoms with Gasteiger partial charge in [0.25, 0.3) is 0 Å². The average molecular weight is 578 g/mol. The minimum atomic E-state index is -0.523. The van der Waals surface area contributed by atoms with Gasteiger partial charge in [0.05, 0.1) is 22.3 Å². The van der Waals surface area contributed by atoms with Crippen molar-refractivity contribution in [3.8, 4) is 17.1 Å². The van der Waals surface area contributed by atoms with Crippen molar-refractivity contribution in [3.63, 3.8) is 0 Å². The van der Waals surface area contributed by atoms with Crippen LogP contribution in [0.1, 0.15) is 38.5 Å². The normalized spacial score (nSPS) is 23.6. The summed E-state index contributed by atoms with van der Waals surface area (Å²) in [5.74, 6) is 0.265. The summed E-state index contributed by atoms with van der Waals surface area (Å²) in [6, 6.07) is 2.76. The van der Waals surface area contributed by atoms with Crippen LogP contribution >= 0.6 is 11.6 Å². The van der Waals surface area contributed by atoms with Crippen LogP contribution < -0.4 is 20.7 Å². The smallest absolute Gasteiger partial charge is 0.319 e. The minimum absolute atomic E-state index is 0.0267. The zero-order chi connectivity index (χ0) is 27.9. The number of piperazine rings is 1. The fourth-order valence-electron chi connectivity index (χ4n) is 7.69. The summed E-state index contributed by atoms with van der Waals surface area (Å²) in [4.78, 5) is 22.9. The second kappa shape index (κ2) is 9.37. The van der Waals surface area contributed by atoms with E-state index >= 15 is 4.39 Å². The van der Waals surface area contributed by atoms with E-state index in [-0.39, 0.29) is 33.6 Å². The number of rotatable bonds is 5. The van der Waals surface area contributed by atoms with Crippen LogP contribution in [0, 0.1) is 5.82 Å². The first-order valence-corrected chi connectivity index (χ1v) is 14.9. The van der Waals surface area contributed by atoms with E-state index in [1.165, 1.54) is 12.8 Å². The van der Waals surface area contributed by atoms with Crippen LogP contribution in [0.4, 0.5) is 16.2 Å². The molecular weight excluding hydrogens is 545 g/mol. The van der Waals surface area contributed by atoms with E-state index in [0.717, 1.165) is 57.4 Å². The van der Waals surface area contributed by atoms with Gasteiger partial charge in [0, 0.05) is 54.9 Å². The number of benzene rings is 1. The first-order chi connectivity index (χ1) is 19.9. The molecule has 0 radical (unpaired) electrons. The van der Waals surface area contributed by atoms with Crippen molar-refractivity contribution < 1.29 is 9.13 Å². The molecule has 7 heterocycles. The molecule has 2 bridgehead atoms. The summed E-state index contributed by atoms with van der Waals surface area (Å²) in [6.45, 7) is 4.30. The number of nitrogens with one attached hydrogen (secondary N) is 1. The summed E-state index contributed by atoms with van der Waals surface area (Å²) in [6.07, 6.45) is 10.2. The van der Waals surface area contributed by atoms with Gasteiger partial charge in [0.2, 0.25) is 5.95 Å². The van der Waals surface area contributed by atoms with Gasteiger partial charge in [0.15, 0.2) is 5.82 Å². The lowest BCUT2D eigenvalue weighted by Gasteiger charge is -2.35. The first-order valence-electron chi connectivity index (χ1n) is 14.5. The Labute approximate surface area is 242 Å². The Kier molecular flexibility index (Phi) is 5.81. The Balaban J connectivity index is 1.27. The number of ether oxygens (including phenoxy) is 1. The molecule has 4 fully saturated rings. The fraction of sp³-hybridized carbons (Fsp3) is 0.517. The zero-order valence-corrected chi connectivity index (χ0v) is 23.8. The molecule has 0 aliphatic carbocycles. The number of hydrogen-bond acceptors (Lipinski definition) is 9. The molecule has 12 heteroatoms. The molecule has 41 heavy (non-hydrogen) atoms. The van der Waals surface area contributed by atoms with Crippen molar-refractivity contribution in [1.82, 2.24) is 34.7 Å². The third kappa shape index (κ3) is 4.04. The second-order valence-corrected chi connectivity index (χ2v) is 12.5. The molecule has 4 aliphatic rings. The van der Waals surface area contributed by atoms with Gasteiger partial charge < -0.3 is 25.3 Å². The van der Waals surface area contributed by atoms with Crippen LogP contribution in [-0.2, 0) is 7.05 Å². The van der Waals surface area contributed by atoms with Gasteiger partial charge in [-0.2, -0.15) is 9.97 Å². The van der Waals surface area contributed by atoms with Crippen molar-refractivity contribution in [2.75, 3.05) is 43.4 Å². The van der Waals surface area contributed by atoms with Gasteiger partial charge in [-0.15, -0.1) is 0 Å². The van der Waals surface area contributed by atoms with Crippen molar-refractivity contribution in [3.05, 3.63) is 29.3 Å². The molecule has 0 amide bonds. The highest BCUT2D eigenvalue weighted by Crippen LogP contribution is 2.43. The van der Waals surface area contributed by atoms with Gasteiger partial charge >= 0.3 is 6.01 Å². The number of fused-ring (bicyclic) bond motifs is 5. The lowest BCUT2D eigenvalue weighted by molar-refractivity contribution is 0.108. The van der Waals surface area contributed by atoms with E-state index < -0.39 is 5.82 Å². The Morgan fingerprint density at radius 2 is 1.88 bits per heavy atom. The van der Waals surface area contributed by atoms with Crippen molar-refractivity contribution in [2.24, 2.45) is 7.05 Å². The second-order valence-electron chi connectivity index (χ2n) is 12.1. The number of hydrogen-bond donors (Lipinski definition) is 2. The molecule has 3 N–H and O–H groups in total. The van der Waals surface area contributed by atoms with Crippen LogP contribution in [0.2, 0.25) is 5.02 Å². The Hall–Kier alpha value is -3.28. The maximum atomic E-state index is 16.7. The summed E-state index contributed by atoms with van der Waals surface area (Å²) in [5, 5.41) is 4.52. The SMILES string of the molecule is Cn1cc(-c2c(Cl)cc3c(N4CC5CCC(C4)N5)nc(OCC45CCCN4CCC5)nc3c2F)c2nc(N)ncc21. The highest BCUT2D eigenvalue weighted by molar-refractivity contribution is 6.35. The molecule has 4 aliphatic heterocycles. The monoisotopic (exact) mass is 577 g/mol. The van der Waals surface area contributed by atoms with E-state index in [1.807, 2.05) is 11.6 Å². The highest BCUT2D eigenvalue weighted by atomic mass is 35.5. The van der Waals surface area contributed by atoms with Crippen LogP contribution in [0.15, 0.2) is 18.5 Å². The van der Waals surface area contributed by atoms with Gasteiger partial charge in [-0.25, -0.2) is 14.4 Å². The number of nitrogens with zero attached hydrogens (tertiary/aromatic N) is 7. The Morgan fingerprint density at radius 1 is 1.12 bits per heavy atom. The zero-order valence-electron chi connectivity index (χ0n) is 23.0. The molecule has 0 spiro atoms. The van der Waals surface area contributed by atoms with Crippen LogP contribution in [-0.4, -0.2) is 79.8 Å². The maximum Gasteiger partial charge on any atom is 0.319 e. The van der Waals surface area contributed by atoms with Gasteiger partial charge in [-0.1, -0.05) is 11.6 Å². The topological polar surface area (TPSA) is 110 Å². The van der Waals surface area contributed by atoms with Crippen molar-refractivity contribution in [2.45, 2.75) is 56.1 Å². The summed E-state index contributed by atoms with van der Waals surface area (Å²) in [7, 11) is 1.86. The molecule has 214 valence electrons. The van der Waals surface area contributed by atoms with Crippen LogP contribution in [0.5, 0.6) is 6.01 Å². The predicted molar refractivity (Wildman–Crippen MR) is 157 cm³/mol. The molecule has 4 saturated heterocycles. The van der Waals surface area contributed by atoms with Crippen molar-refractivity contribution in [1.29, 1.82) is 0 Å². The van der Waals surface area contributed by atoms with E-state index in [0.29, 0.717) is 41.0 Å². The van der Waals surface area contributed by atoms with E-state index in [2.05, 4.69) is 25.1 Å². The molecule has 8 rings (SSSR count). The van der Waals surface area contributed by atoms with Gasteiger partial charge in [-0.05, 0) is 57.7 Å². The minimum Gasteiger partial charge on any atom is -0.461 e. The number of aryl methyl sites for hydroxylation is 1. The van der Waals surface area contributed by atoms with E-state index in [1.54, 1.807) is 18.5 Å². The number of aromatic nitrogens is 5. The summed E-state index contributed by atoms with van der Waals surface area (Å²) < 4.78 is 25.0. The van der Waals surface area contributed by atoms with Gasteiger partial charge in [-0.3, -0.25) is 4.90 Å². The maximum absolute atomic E-state index is 16.7. The average Bonchev–Trinajstić information content (AvgIpc) is 3.70. The molecule has 0 saturated carbocycles. The molecule has 1 aromatic carbocycles. The highest BCUT2D eigenvalue weighted by Gasteiger charge is 2.45. The van der Waals surface area contributed by atoms with Crippen molar-refractivity contribution >= 4 is 45.3 Å². The predicted octanol–water partition coefficient (Wildman–Crippen LogP) is 3.90. The quantitative estimate of drug-likeness (QED) is 0.365. The fourth-order valence-corrected chi connectivity index (χ4v) is 7.99. The lowest BCUT2D eigenvalue weighted by Crippen LogP contribution is -2.51. The largest absolute Gasteiger partial charge is 0.461 e. The van der Waals surface area contributed by atoms with E-state index in [4.69, 9.17) is 32.0 Å². The summed E-state index contributed by atoms with van der Waals surface area (Å²) >= 11 is 6.87. The number of nitrogen functional groups attached to an aromatic ring is 1. The lowest BCUT2D eigenvalue weighted by atomic mass is 9.95. The molecule has 3 aromatic heterocycles. The Bertz CT molecular complexity index is 1670. The van der Waals surface area contributed by atoms with Crippen LogP contribution in [0.25, 0.3) is 33.1 Å². The molecule has 2 atom stereocenters. The van der Waals surface area contributed by atoms with E-state index in [9.17, 15) is 0 Å². The molecular formula is C29H33ClFN9O. The third-order valence-electron chi connectivity index (χ3n) is 9.65. The standard InChI is InChI=1S/C29H33ClFN9O/c1-38-14-19(24-21(38)11-33-27(32)35-24)22-20(30)10-18-25(23(22)31)36-28(41-15-29-6-2-8-40(29)9-3-7-29)37-26(18)39-12-16-4-5-17(13-39)34-16/h10-11,14,16-17,34H,2-9,12-13,15H2,1H3,(H2,32,33,35). The molecule has 10 nitrogen and oxygen atoms in total. The van der Waals surface area contributed by atoms with Gasteiger partial charge in [0.1, 0.15) is 23.5 Å². The number of anilines is 2.